The van der Waals surface area contributed by atoms with E-state index in [1.165, 1.54) is 4.90 Å². The maximum atomic E-state index is 12.3. The van der Waals surface area contributed by atoms with Gasteiger partial charge in [-0.3, -0.25) is 14.4 Å². The number of aliphatic carboxylic acids is 1. The highest BCUT2D eigenvalue weighted by Gasteiger charge is 2.48. The molecule has 1 aliphatic rings. The van der Waals surface area contributed by atoms with E-state index >= 15 is 0 Å². The number of carboxylic acid groups (broad SMARTS) is 1. The van der Waals surface area contributed by atoms with Crippen molar-refractivity contribution in [3.05, 3.63) is 60.1 Å². The Hall–Kier alpha value is -3.09. The lowest BCUT2D eigenvalue weighted by Gasteiger charge is -2.46. The molecule has 0 saturated carbocycles. The number of rotatable bonds is 8. The molecule has 1 aromatic heterocycles. The van der Waals surface area contributed by atoms with Crippen molar-refractivity contribution in [3.8, 4) is 0 Å². The van der Waals surface area contributed by atoms with Crippen molar-refractivity contribution in [2.45, 2.75) is 31.3 Å². The monoisotopic (exact) mass is 356 g/mol. The van der Waals surface area contributed by atoms with Gasteiger partial charge in [0, 0.05) is 6.42 Å². The molecule has 1 saturated heterocycles. The Morgan fingerprint density at radius 3 is 2.58 bits per heavy atom. The number of carboxylic acids is 1. The third-order valence-corrected chi connectivity index (χ3v) is 4.43. The first-order valence-corrected chi connectivity index (χ1v) is 8.42. The number of carbonyl (C=O) groups is 3. The molecular weight excluding hydrogens is 336 g/mol. The van der Waals surface area contributed by atoms with Crippen molar-refractivity contribution in [3.63, 3.8) is 0 Å². The van der Waals surface area contributed by atoms with Crippen molar-refractivity contribution in [2.75, 3.05) is 6.54 Å². The summed E-state index contributed by atoms with van der Waals surface area (Å²) in [5.74, 6) is -0.935. The largest absolute Gasteiger partial charge is 0.480 e. The predicted molar refractivity (Wildman–Crippen MR) is 92.2 cm³/mol. The van der Waals surface area contributed by atoms with E-state index in [0.717, 1.165) is 11.3 Å². The fourth-order valence-corrected chi connectivity index (χ4v) is 3.18. The van der Waals surface area contributed by atoms with Crippen molar-refractivity contribution >= 4 is 17.8 Å². The van der Waals surface area contributed by atoms with Gasteiger partial charge in [0.2, 0.25) is 11.8 Å². The standard InChI is InChI=1S/C19H20N2O5/c22-16(11-13-5-2-1-3-6-13)20-18-15(9-8-14-7-4-10-26-14)21(19(18)25)12-17(23)24/h1-7,10,15,18H,8-9,11-12H2,(H,20,22)(H,23,24)/t15-,18+/m1/s1. The number of likely N-dealkylation sites (tertiary alicyclic amines) is 1. The van der Waals surface area contributed by atoms with Crippen LogP contribution in [0.15, 0.2) is 53.1 Å². The number of aryl methyl sites for hydroxylation is 1. The normalized spacial score (nSPS) is 19.1. The van der Waals surface area contributed by atoms with Crippen LogP contribution in [0.4, 0.5) is 0 Å². The fourth-order valence-electron chi connectivity index (χ4n) is 3.18. The Kier molecular flexibility index (Phi) is 5.36. The number of nitrogens with one attached hydrogen (secondary N) is 1. The van der Waals surface area contributed by atoms with Crippen LogP contribution in [0, 0.1) is 0 Å². The molecule has 136 valence electrons. The second-order valence-electron chi connectivity index (χ2n) is 6.25. The molecule has 26 heavy (non-hydrogen) atoms. The summed E-state index contributed by atoms with van der Waals surface area (Å²) in [7, 11) is 0. The molecule has 0 spiro atoms. The molecule has 0 aliphatic carbocycles. The summed E-state index contributed by atoms with van der Waals surface area (Å²) in [5, 5.41) is 11.7. The van der Waals surface area contributed by atoms with Gasteiger partial charge in [-0.25, -0.2) is 0 Å². The molecule has 0 unspecified atom stereocenters. The summed E-state index contributed by atoms with van der Waals surface area (Å²) in [4.78, 5) is 36.8. The Labute approximate surface area is 150 Å². The number of hydrogen-bond acceptors (Lipinski definition) is 4. The number of carbonyl (C=O) groups excluding carboxylic acids is 2. The average Bonchev–Trinajstić information content (AvgIpc) is 3.13. The van der Waals surface area contributed by atoms with E-state index in [-0.39, 0.29) is 30.8 Å². The van der Waals surface area contributed by atoms with E-state index in [2.05, 4.69) is 5.32 Å². The third-order valence-electron chi connectivity index (χ3n) is 4.43. The molecule has 3 rings (SSSR count). The van der Waals surface area contributed by atoms with E-state index in [4.69, 9.17) is 9.52 Å². The third kappa shape index (κ3) is 4.11. The van der Waals surface area contributed by atoms with Gasteiger partial charge in [0.15, 0.2) is 0 Å². The first kappa shape index (κ1) is 17.7. The average molecular weight is 356 g/mol. The van der Waals surface area contributed by atoms with Crippen LogP contribution in [-0.4, -0.2) is 46.4 Å². The van der Waals surface area contributed by atoms with Gasteiger partial charge in [0.25, 0.3) is 0 Å². The van der Waals surface area contributed by atoms with E-state index < -0.39 is 12.0 Å². The maximum absolute atomic E-state index is 12.3. The van der Waals surface area contributed by atoms with Crippen molar-refractivity contribution in [1.82, 2.24) is 10.2 Å². The van der Waals surface area contributed by atoms with Gasteiger partial charge in [-0.1, -0.05) is 30.3 Å². The number of hydrogen-bond donors (Lipinski definition) is 2. The van der Waals surface area contributed by atoms with Crippen LogP contribution >= 0.6 is 0 Å². The summed E-state index contributed by atoms with van der Waals surface area (Å²) in [6.07, 6.45) is 2.82. The molecule has 7 heteroatoms. The molecule has 2 aromatic rings. The van der Waals surface area contributed by atoms with Crippen molar-refractivity contribution in [1.29, 1.82) is 0 Å². The number of β-lactam (4-membered cyclic amide) rings is 1. The summed E-state index contributed by atoms with van der Waals surface area (Å²) in [6.45, 7) is -0.368. The highest BCUT2D eigenvalue weighted by Crippen LogP contribution is 2.25. The van der Waals surface area contributed by atoms with E-state index in [9.17, 15) is 14.4 Å². The Morgan fingerprint density at radius 2 is 1.92 bits per heavy atom. The van der Waals surface area contributed by atoms with Crippen LogP contribution < -0.4 is 5.32 Å². The summed E-state index contributed by atoms with van der Waals surface area (Å²) in [5.41, 5.74) is 0.853. The molecule has 1 aromatic carbocycles. The van der Waals surface area contributed by atoms with Gasteiger partial charge in [-0.05, 0) is 24.1 Å². The van der Waals surface area contributed by atoms with Gasteiger partial charge in [-0.2, -0.15) is 0 Å². The second-order valence-corrected chi connectivity index (χ2v) is 6.25. The lowest BCUT2D eigenvalue weighted by atomic mass is 9.90. The van der Waals surface area contributed by atoms with Crippen LogP contribution in [0.1, 0.15) is 17.7 Å². The lowest BCUT2D eigenvalue weighted by Crippen LogP contribution is -2.71. The molecule has 2 atom stereocenters. The number of furan rings is 1. The summed E-state index contributed by atoms with van der Waals surface area (Å²) < 4.78 is 5.28. The highest BCUT2D eigenvalue weighted by atomic mass is 16.4. The molecule has 2 heterocycles. The van der Waals surface area contributed by atoms with Gasteiger partial charge >= 0.3 is 5.97 Å². The highest BCUT2D eigenvalue weighted by molar-refractivity contribution is 5.95. The Balaban J connectivity index is 1.62. The first-order chi connectivity index (χ1) is 12.5. The van der Waals surface area contributed by atoms with Gasteiger partial charge < -0.3 is 19.7 Å². The smallest absolute Gasteiger partial charge is 0.323 e. The Bertz CT molecular complexity index is 772. The zero-order chi connectivity index (χ0) is 18.5. The topological polar surface area (TPSA) is 99.9 Å². The van der Waals surface area contributed by atoms with Gasteiger partial charge in [0.05, 0.1) is 18.7 Å². The molecular formula is C19H20N2O5. The number of amides is 2. The zero-order valence-corrected chi connectivity index (χ0v) is 14.1. The summed E-state index contributed by atoms with van der Waals surface area (Å²) >= 11 is 0. The predicted octanol–water partition coefficient (Wildman–Crippen LogP) is 1.24. The molecule has 0 bridgehead atoms. The van der Waals surface area contributed by atoms with E-state index in [0.29, 0.717) is 12.8 Å². The van der Waals surface area contributed by atoms with Crippen LogP contribution in [-0.2, 0) is 27.2 Å². The molecule has 0 radical (unpaired) electrons. The van der Waals surface area contributed by atoms with Gasteiger partial charge in [-0.15, -0.1) is 0 Å². The molecule has 2 N–H and O–H groups in total. The second kappa shape index (κ2) is 7.86. The van der Waals surface area contributed by atoms with E-state index in [1.54, 1.807) is 12.3 Å². The van der Waals surface area contributed by atoms with E-state index in [1.807, 2.05) is 36.4 Å². The van der Waals surface area contributed by atoms with Crippen LogP contribution in [0.2, 0.25) is 0 Å². The van der Waals surface area contributed by atoms with Crippen LogP contribution in [0.5, 0.6) is 0 Å². The molecule has 1 aliphatic heterocycles. The number of nitrogens with zero attached hydrogens (tertiary/aromatic N) is 1. The minimum atomic E-state index is -1.07. The molecule has 1 fully saturated rings. The van der Waals surface area contributed by atoms with Crippen molar-refractivity contribution < 1.29 is 23.9 Å². The quantitative estimate of drug-likeness (QED) is 0.693. The van der Waals surface area contributed by atoms with Crippen LogP contribution in [0.3, 0.4) is 0 Å². The molecule has 7 nitrogen and oxygen atoms in total. The maximum Gasteiger partial charge on any atom is 0.323 e. The van der Waals surface area contributed by atoms with Crippen LogP contribution in [0.25, 0.3) is 0 Å². The Morgan fingerprint density at radius 1 is 1.15 bits per heavy atom. The fraction of sp³-hybridized carbons (Fsp3) is 0.316. The number of benzene rings is 1. The lowest BCUT2D eigenvalue weighted by molar-refractivity contribution is -0.160. The minimum Gasteiger partial charge on any atom is -0.480 e. The molecule has 2 amide bonds. The van der Waals surface area contributed by atoms with Gasteiger partial charge in [0.1, 0.15) is 18.3 Å². The SMILES string of the molecule is O=C(O)CN1C(=O)[C@@H](NC(=O)Cc2ccccc2)[C@H]1CCc1ccco1. The van der Waals surface area contributed by atoms with Crippen molar-refractivity contribution in [2.24, 2.45) is 0 Å². The summed E-state index contributed by atoms with van der Waals surface area (Å²) in [6, 6.07) is 11.8. The first-order valence-electron chi connectivity index (χ1n) is 8.42. The minimum absolute atomic E-state index is 0.175. The zero-order valence-electron chi connectivity index (χ0n) is 14.1.